The molecule has 0 aliphatic carbocycles. The van der Waals surface area contributed by atoms with Crippen molar-refractivity contribution in [3.8, 4) is 0 Å². The first-order valence-corrected chi connectivity index (χ1v) is 7.09. The van der Waals surface area contributed by atoms with Gasteiger partial charge in [-0.1, -0.05) is 34.8 Å². The van der Waals surface area contributed by atoms with Gasteiger partial charge in [-0.3, -0.25) is 4.98 Å². The first-order valence-electron chi connectivity index (χ1n) is 5.97. The lowest BCUT2D eigenvalue weighted by Crippen LogP contribution is -2.01. The third-order valence-electron chi connectivity index (χ3n) is 2.40. The number of halogens is 1. The van der Waals surface area contributed by atoms with Crippen molar-refractivity contribution >= 4 is 15.9 Å². The van der Waals surface area contributed by atoms with Crippen LogP contribution in [0.2, 0.25) is 0 Å². The molecule has 0 aromatic carbocycles. The Balaban J connectivity index is 1.89. The van der Waals surface area contributed by atoms with E-state index in [1.165, 1.54) is 25.7 Å². The quantitative estimate of drug-likeness (QED) is 0.511. The van der Waals surface area contributed by atoms with E-state index in [2.05, 4.69) is 20.9 Å². The van der Waals surface area contributed by atoms with Gasteiger partial charge in [0.15, 0.2) is 0 Å². The Morgan fingerprint density at radius 2 is 1.94 bits per heavy atom. The second kappa shape index (κ2) is 9.79. The first-order chi connectivity index (χ1) is 7.93. The molecule has 0 unspecified atom stereocenters. The van der Waals surface area contributed by atoms with E-state index in [4.69, 9.17) is 4.74 Å². The highest BCUT2D eigenvalue weighted by Crippen LogP contribution is 2.02. The molecule has 0 radical (unpaired) electrons. The van der Waals surface area contributed by atoms with Crippen molar-refractivity contribution in [1.82, 2.24) is 4.98 Å². The molecular weight excluding hydrogens is 266 g/mol. The zero-order chi connectivity index (χ0) is 11.5. The highest BCUT2D eigenvalue weighted by atomic mass is 79.9. The predicted molar refractivity (Wildman–Crippen MR) is 71.0 cm³/mol. The molecule has 3 heteroatoms. The zero-order valence-electron chi connectivity index (χ0n) is 9.70. The number of hydrogen-bond acceptors (Lipinski definition) is 2. The van der Waals surface area contributed by atoms with E-state index >= 15 is 0 Å². The summed E-state index contributed by atoms with van der Waals surface area (Å²) in [5, 5.41) is 1.12. The molecule has 0 aliphatic heterocycles. The van der Waals surface area contributed by atoms with Crippen LogP contribution in [0.3, 0.4) is 0 Å². The third-order valence-corrected chi connectivity index (χ3v) is 2.96. The average Bonchev–Trinajstić information content (AvgIpc) is 2.34. The molecule has 1 heterocycles. The van der Waals surface area contributed by atoms with E-state index in [1.807, 2.05) is 24.4 Å². The Morgan fingerprint density at radius 1 is 1.06 bits per heavy atom. The molecule has 0 spiro atoms. The number of nitrogens with zero attached hydrogens (tertiary/aromatic N) is 1. The number of unbranched alkanes of at least 4 members (excludes halogenated alkanes) is 3. The smallest absolute Gasteiger partial charge is 0.0521 e. The molecular formula is C13H20BrNO. The molecule has 0 bridgehead atoms. The normalized spacial score (nSPS) is 10.6. The van der Waals surface area contributed by atoms with Crippen LogP contribution >= 0.6 is 15.9 Å². The SMILES string of the molecule is BrCCCCCCOCCc1ccccn1. The van der Waals surface area contributed by atoms with Crippen molar-refractivity contribution in [3.05, 3.63) is 30.1 Å². The van der Waals surface area contributed by atoms with Crippen LogP contribution in [-0.4, -0.2) is 23.5 Å². The standard InChI is InChI=1S/C13H20BrNO/c14-9-4-1-2-6-11-16-12-8-13-7-3-5-10-15-13/h3,5,7,10H,1-2,4,6,8-9,11-12H2. The van der Waals surface area contributed by atoms with Crippen LogP contribution in [0, 0.1) is 0 Å². The van der Waals surface area contributed by atoms with Crippen LogP contribution in [-0.2, 0) is 11.2 Å². The predicted octanol–water partition coefficient (Wildman–Crippen LogP) is 3.60. The fourth-order valence-electron chi connectivity index (χ4n) is 1.48. The summed E-state index contributed by atoms with van der Waals surface area (Å²) in [6.07, 6.45) is 7.77. The van der Waals surface area contributed by atoms with Gasteiger partial charge >= 0.3 is 0 Å². The summed E-state index contributed by atoms with van der Waals surface area (Å²) in [7, 11) is 0. The van der Waals surface area contributed by atoms with E-state index in [0.29, 0.717) is 0 Å². The van der Waals surface area contributed by atoms with Gasteiger partial charge in [0.2, 0.25) is 0 Å². The molecule has 90 valence electrons. The van der Waals surface area contributed by atoms with Crippen LogP contribution in [0.5, 0.6) is 0 Å². The fourth-order valence-corrected chi connectivity index (χ4v) is 1.87. The summed E-state index contributed by atoms with van der Waals surface area (Å²) in [6, 6.07) is 6.00. The number of pyridine rings is 1. The van der Waals surface area contributed by atoms with Crippen molar-refractivity contribution in [1.29, 1.82) is 0 Å². The highest BCUT2D eigenvalue weighted by molar-refractivity contribution is 9.09. The molecule has 0 aliphatic rings. The number of hydrogen-bond donors (Lipinski definition) is 0. The number of ether oxygens (including phenoxy) is 1. The minimum atomic E-state index is 0.787. The van der Waals surface area contributed by atoms with Crippen molar-refractivity contribution < 1.29 is 4.74 Å². The van der Waals surface area contributed by atoms with Gasteiger partial charge in [0.05, 0.1) is 6.61 Å². The molecule has 1 aromatic rings. The lowest BCUT2D eigenvalue weighted by Gasteiger charge is -2.03. The lowest BCUT2D eigenvalue weighted by molar-refractivity contribution is 0.132. The Morgan fingerprint density at radius 3 is 2.69 bits per heavy atom. The fraction of sp³-hybridized carbons (Fsp3) is 0.615. The molecule has 1 rings (SSSR count). The van der Waals surface area contributed by atoms with Crippen LogP contribution in [0.25, 0.3) is 0 Å². The monoisotopic (exact) mass is 285 g/mol. The van der Waals surface area contributed by atoms with E-state index in [9.17, 15) is 0 Å². The summed E-state index contributed by atoms with van der Waals surface area (Å²) in [5.41, 5.74) is 1.11. The Labute approximate surface area is 107 Å². The lowest BCUT2D eigenvalue weighted by atomic mass is 10.2. The summed E-state index contributed by atoms with van der Waals surface area (Å²) in [4.78, 5) is 4.25. The highest BCUT2D eigenvalue weighted by Gasteiger charge is 1.94. The van der Waals surface area contributed by atoms with Gasteiger partial charge in [-0.15, -0.1) is 0 Å². The minimum absolute atomic E-state index is 0.787. The van der Waals surface area contributed by atoms with Crippen LogP contribution < -0.4 is 0 Å². The van der Waals surface area contributed by atoms with Gasteiger partial charge < -0.3 is 4.74 Å². The zero-order valence-corrected chi connectivity index (χ0v) is 11.3. The van der Waals surface area contributed by atoms with Gasteiger partial charge in [-0.05, 0) is 25.0 Å². The van der Waals surface area contributed by atoms with Crippen molar-refractivity contribution in [2.24, 2.45) is 0 Å². The second-order valence-electron chi connectivity index (χ2n) is 3.79. The second-order valence-corrected chi connectivity index (χ2v) is 4.58. The maximum atomic E-state index is 5.57. The topological polar surface area (TPSA) is 22.1 Å². The first kappa shape index (κ1) is 13.7. The van der Waals surface area contributed by atoms with Gasteiger partial charge in [0.1, 0.15) is 0 Å². The molecule has 0 N–H and O–H groups in total. The van der Waals surface area contributed by atoms with Crippen LogP contribution in [0.15, 0.2) is 24.4 Å². The van der Waals surface area contributed by atoms with Crippen LogP contribution in [0.1, 0.15) is 31.4 Å². The van der Waals surface area contributed by atoms with E-state index in [1.54, 1.807) is 0 Å². The van der Waals surface area contributed by atoms with Crippen molar-refractivity contribution in [3.63, 3.8) is 0 Å². The van der Waals surface area contributed by atoms with Crippen LogP contribution in [0.4, 0.5) is 0 Å². The molecule has 16 heavy (non-hydrogen) atoms. The Bertz CT molecular complexity index is 253. The van der Waals surface area contributed by atoms with Crippen molar-refractivity contribution in [2.45, 2.75) is 32.1 Å². The number of rotatable bonds is 9. The van der Waals surface area contributed by atoms with Gasteiger partial charge in [0, 0.05) is 30.2 Å². The van der Waals surface area contributed by atoms with Crippen molar-refractivity contribution in [2.75, 3.05) is 18.5 Å². The molecule has 0 atom stereocenters. The van der Waals surface area contributed by atoms with E-state index < -0.39 is 0 Å². The van der Waals surface area contributed by atoms with E-state index in [0.717, 1.165) is 30.7 Å². The minimum Gasteiger partial charge on any atom is -0.381 e. The molecule has 1 aromatic heterocycles. The molecule has 0 saturated carbocycles. The third kappa shape index (κ3) is 6.96. The molecule has 2 nitrogen and oxygen atoms in total. The maximum Gasteiger partial charge on any atom is 0.0521 e. The molecule has 0 amide bonds. The van der Waals surface area contributed by atoms with Gasteiger partial charge in [0.25, 0.3) is 0 Å². The van der Waals surface area contributed by atoms with Gasteiger partial charge in [-0.25, -0.2) is 0 Å². The molecule has 0 saturated heterocycles. The summed E-state index contributed by atoms with van der Waals surface area (Å²) in [6.45, 7) is 1.67. The Hall–Kier alpha value is -0.410. The summed E-state index contributed by atoms with van der Waals surface area (Å²) < 4.78 is 5.57. The van der Waals surface area contributed by atoms with E-state index in [-0.39, 0.29) is 0 Å². The van der Waals surface area contributed by atoms with Gasteiger partial charge in [-0.2, -0.15) is 0 Å². The molecule has 0 fully saturated rings. The maximum absolute atomic E-state index is 5.57. The summed E-state index contributed by atoms with van der Waals surface area (Å²) >= 11 is 3.43. The number of aromatic nitrogens is 1. The number of alkyl halides is 1. The summed E-state index contributed by atoms with van der Waals surface area (Å²) in [5.74, 6) is 0. The average molecular weight is 286 g/mol. The largest absolute Gasteiger partial charge is 0.381 e. The Kier molecular flexibility index (Phi) is 8.35.